The van der Waals surface area contributed by atoms with Crippen LogP contribution in [-0.2, 0) is 21.0 Å². The van der Waals surface area contributed by atoms with Crippen molar-refractivity contribution < 1.29 is 26.9 Å². The van der Waals surface area contributed by atoms with Crippen LogP contribution in [0.15, 0.2) is 55.2 Å². The Bertz CT molecular complexity index is 1590. The van der Waals surface area contributed by atoms with Gasteiger partial charge in [-0.15, -0.1) is 11.3 Å². The van der Waals surface area contributed by atoms with Gasteiger partial charge >= 0.3 is 10.3 Å². The minimum absolute atomic E-state index is 0.0577. The van der Waals surface area contributed by atoms with E-state index in [1.807, 2.05) is 33.6 Å². The SMILES string of the molecule is CNS(=O)(=O)O[C@@H]1C[C@@H](Nc2ncncc2C(=O)c2ccn(Cc3sc4ccccc4c3Cl)c2)[C@@H](F)[C@@H]1O. The van der Waals surface area contributed by atoms with Crippen molar-refractivity contribution in [3.8, 4) is 0 Å². The maximum atomic E-state index is 14.8. The minimum Gasteiger partial charge on any atom is -0.387 e. The van der Waals surface area contributed by atoms with Crippen LogP contribution >= 0.6 is 22.9 Å². The van der Waals surface area contributed by atoms with Crippen LogP contribution in [-0.4, -0.2) is 65.3 Å². The molecule has 38 heavy (non-hydrogen) atoms. The maximum Gasteiger partial charge on any atom is 0.335 e. The van der Waals surface area contributed by atoms with E-state index in [0.29, 0.717) is 17.1 Å². The fraction of sp³-hybridized carbons (Fsp3) is 0.292. The quantitative estimate of drug-likeness (QED) is 0.257. The van der Waals surface area contributed by atoms with Crippen LogP contribution in [0.1, 0.15) is 27.2 Å². The lowest BCUT2D eigenvalue weighted by molar-refractivity contribution is 0.0248. The van der Waals surface area contributed by atoms with E-state index in [2.05, 4.69) is 15.3 Å². The monoisotopic (exact) mass is 579 g/mol. The second-order valence-electron chi connectivity index (χ2n) is 8.74. The summed E-state index contributed by atoms with van der Waals surface area (Å²) in [5.41, 5.74) is 0.462. The Balaban J connectivity index is 1.33. The number of aliphatic hydroxyl groups excluding tert-OH is 1. The lowest BCUT2D eigenvalue weighted by atomic mass is 10.1. The van der Waals surface area contributed by atoms with Crippen LogP contribution in [0.25, 0.3) is 10.1 Å². The Labute approximate surface area is 226 Å². The first kappa shape index (κ1) is 26.7. The Hall–Kier alpha value is -2.94. The van der Waals surface area contributed by atoms with E-state index in [4.69, 9.17) is 15.8 Å². The number of rotatable bonds is 9. The van der Waals surface area contributed by atoms with Gasteiger partial charge in [-0.05, 0) is 12.1 Å². The van der Waals surface area contributed by atoms with Gasteiger partial charge in [0.2, 0.25) is 0 Å². The van der Waals surface area contributed by atoms with E-state index in [9.17, 15) is 22.7 Å². The topological polar surface area (TPSA) is 135 Å². The predicted octanol–water partition coefficient (Wildman–Crippen LogP) is 3.16. The van der Waals surface area contributed by atoms with E-state index in [1.165, 1.54) is 12.5 Å². The summed E-state index contributed by atoms with van der Waals surface area (Å²) in [6.45, 7) is 0.474. The number of carbonyl (C=O) groups excluding carboxylic acids is 1. The van der Waals surface area contributed by atoms with Crippen LogP contribution in [0.2, 0.25) is 5.02 Å². The molecule has 0 unspecified atom stereocenters. The van der Waals surface area contributed by atoms with Crippen LogP contribution in [0, 0.1) is 0 Å². The number of aromatic nitrogens is 3. The number of hydrogen-bond acceptors (Lipinski definition) is 9. The van der Waals surface area contributed by atoms with Gasteiger partial charge < -0.3 is 15.0 Å². The summed E-state index contributed by atoms with van der Waals surface area (Å²) in [7, 11) is -3.00. The zero-order chi connectivity index (χ0) is 27.0. The summed E-state index contributed by atoms with van der Waals surface area (Å²) in [5.74, 6) is -0.337. The smallest absolute Gasteiger partial charge is 0.335 e. The Morgan fingerprint density at radius 2 is 2.13 bits per heavy atom. The number of alkyl halides is 1. The molecule has 4 atom stereocenters. The van der Waals surface area contributed by atoms with Crippen molar-refractivity contribution >= 4 is 54.9 Å². The van der Waals surface area contributed by atoms with E-state index < -0.39 is 40.5 Å². The average Bonchev–Trinajstić information content (AvgIpc) is 3.58. The highest BCUT2D eigenvalue weighted by Crippen LogP contribution is 2.36. The molecule has 0 radical (unpaired) electrons. The highest BCUT2D eigenvalue weighted by Gasteiger charge is 2.46. The van der Waals surface area contributed by atoms with Gasteiger partial charge in [0.15, 0.2) is 5.78 Å². The number of nitrogens with zero attached hydrogens (tertiary/aromatic N) is 3. The maximum absolute atomic E-state index is 14.8. The zero-order valence-corrected chi connectivity index (χ0v) is 22.3. The van der Waals surface area contributed by atoms with Gasteiger partial charge in [-0.25, -0.2) is 14.4 Å². The number of halogens is 2. The molecular weight excluding hydrogens is 557 g/mol. The van der Waals surface area contributed by atoms with Crippen LogP contribution in [0.4, 0.5) is 10.2 Å². The molecule has 0 amide bonds. The van der Waals surface area contributed by atoms with E-state index in [1.54, 1.807) is 29.8 Å². The summed E-state index contributed by atoms with van der Waals surface area (Å²) < 4.78 is 47.9. The Morgan fingerprint density at radius 1 is 1.34 bits per heavy atom. The van der Waals surface area contributed by atoms with Crippen molar-refractivity contribution in [3.05, 3.63) is 76.3 Å². The number of benzene rings is 1. The number of hydrogen-bond donors (Lipinski definition) is 3. The van der Waals surface area contributed by atoms with Gasteiger partial charge in [-0.2, -0.15) is 13.1 Å². The van der Waals surface area contributed by atoms with Crippen molar-refractivity contribution in [3.63, 3.8) is 0 Å². The van der Waals surface area contributed by atoms with Crippen molar-refractivity contribution in [2.24, 2.45) is 0 Å². The lowest BCUT2D eigenvalue weighted by Crippen LogP contribution is -2.35. The van der Waals surface area contributed by atoms with E-state index in [-0.39, 0.29) is 17.8 Å². The first-order valence-corrected chi connectivity index (χ1v) is 14.1. The van der Waals surface area contributed by atoms with Crippen LogP contribution < -0.4 is 10.0 Å². The predicted molar refractivity (Wildman–Crippen MR) is 142 cm³/mol. The highest BCUT2D eigenvalue weighted by molar-refractivity contribution is 7.84. The number of ketones is 1. The van der Waals surface area contributed by atoms with Gasteiger partial charge in [0.1, 0.15) is 30.5 Å². The third kappa shape index (κ3) is 5.30. The molecule has 1 fully saturated rings. The first-order valence-electron chi connectivity index (χ1n) is 11.5. The third-order valence-electron chi connectivity index (χ3n) is 6.30. The van der Waals surface area contributed by atoms with Crippen molar-refractivity contribution in [2.75, 3.05) is 12.4 Å². The molecule has 0 spiro atoms. The van der Waals surface area contributed by atoms with Crippen molar-refractivity contribution in [1.82, 2.24) is 19.3 Å². The van der Waals surface area contributed by atoms with Gasteiger partial charge in [0.05, 0.1) is 23.2 Å². The highest BCUT2D eigenvalue weighted by atomic mass is 35.5. The number of anilines is 1. The second kappa shape index (κ2) is 10.7. The third-order valence-corrected chi connectivity index (χ3v) is 9.00. The molecule has 3 aromatic heterocycles. The van der Waals surface area contributed by atoms with Gasteiger partial charge in [0.25, 0.3) is 0 Å². The normalized spacial score (nSPS) is 21.7. The molecule has 1 aliphatic rings. The molecule has 1 aliphatic carbocycles. The summed E-state index contributed by atoms with van der Waals surface area (Å²) >= 11 is 8.14. The van der Waals surface area contributed by atoms with E-state index in [0.717, 1.165) is 22.0 Å². The molecule has 14 heteroatoms. The minimum atomic E-state index is -4.14. The van der Waals surface area contributed by atoms with Gasteiger partial charge in [-0.3, -0.25) is 8.98 Å². The zero-order valence-electron chi connectivity index (χ0n) is 19.9. The fourth-order valence-corrected chi connectivity index (χ4v) is 6.47. The molecule has 0 aliphatic heterocycles. The van der Waals surface area contributed by atoms with E-state index >= 15 is 0 Å². The molecular formula is C24H23ClFN5O5S2. The lowest BCUT2D eigenvalue weighted by Gasteiger charge is -2.17. The second-order valence-corrected chi connectivity index (χ2v) is 11.8. The number of carbonyl (C=O) groups is 1. The summed E-state index contributed by atoms with van der Waals surface area (Å²) in [5, 5.41) is 14.6. The molecule has 4 aromatic rings. The van der Waals surface area contributed by atoms with Gasteiger partial charge in [0, 0.05) is 52.6 Å². The molecule has 0 bridgehead atoms. The Morgan fingerprint density at radius 3 is 2.89 bits per heavy atom. The molecule has 10 nitrogen and oxygen atoms in total. The van der Waals surface area contributed by atoms with Crippen molar-refractivity contribution in [2.45, 2.75) is 37.4 Å². The molecule has 3 heterocycles. The summed E-state index contributed by atoms with van der Waals surface area (Å²) in [4.78, 5) is 22.3. The van der Waals surface area contributed by atoms with Crippen LogP contribution in [0.5, 0.6) is 0 Å². The standard InChI is InChI=1S/C24H23ClFN5O5S2/c1-27-38(34,35)36-17-8-16(21(26)23(17)33)30-24-15(9-28-12-29-24)22(32)13-6-7-31(10-13)11-19-20(25)14-4-2-3-5-18(14)37-19/h2-7,9-10,12,16-17,21,23,27,33H,8,11H2,1H3,(H,28,29,30)/t16-,17-,21-,23-/m1/s1. The fourth-order valence-electron chi connectivity index (χ4n) is 4.36. The summed E-state index contributed by atoms with van der Waals surface area (Å²) in [6, 6.07) is 8.45. The summed E-state index contributed by atoms with van der Waals surface area (Å²) in [6.07, 6.45) is 0.928. The molecule has 0 saturated heterocycles. The van der Waals surface area contributed by atoms with Crippen LogP contribution in [0.3, 0.4) is 0 Å². The number of nitrogens with one attached hydrogen (secondary N) is 2. The molecule has 200 valence electrons. The average molecular weight is 580 g/mol. The Kier molecular flexibility index (Phi) is 7.49. The largest absolute Gasteiger partial charge is 0.387 e. The van der Waals surface area contributed by atoms with Gasteiger partial charge in [-0.1, -0.05) is 29.8 Å². The molecule has 1 saturated carbocycles. The molecule has 1 aromatic carbocycles. The number of thiophene rings is 1. The molecule has 5 rings (SSSR count). The number of aliphatic hydroxyl groups is 1. The first-order chi connectivity index (χ1) is 18.2. The number of fused-ring (bicyclic) bond motifs is 1. The van der Waals surface area contributed by atoms with Crippen molar-refractivity contribution in [1.29, 1.82) is 0 Å². The molecule has 3 N–H and O–H groups in total.